The summed E-state index contributed by atoms with van der Waals surface area (Å²) >= 11 is 0. The maximum absolute atomic E-state index is 11.5. The zero-order valence-corrected chi connectivity index (χ0v) is 17.8. The van der Waals surface area contributed by atoms with Crippen LogP contribution in [0.4, 0.5) is 0 Å². The van der Waals surface area contributed by atoms with Gasteiger partial charge in [-0.2, -0.15) is 0 Å². The van der Waals surface area contributed by atoms with Crippen LogP contribution in [0.2, 0.25) is 0 Å². The summed E-state index contributed by atoms with van der Waals surface area (Å²) in [5.74, 6) is 0.143. The molecule has 1 aromatic carbocycles. The van der Waals surface area contributed by atoms with Crippen LogP contribution in [0.1, 0.15) is 25.5 Å². The fraction of sp³-hybridized carbons (Fsp3) is 0.571. The summed E-state index contributed by atoms with van der Waals surface area (Å²) in [5.41, 5.74) is -1.83. The van der Waals surface area contributed by atoms with Gasteiger partial charge in [-0.3, -0.25) is 0 Å². The highest BCUT2D eigenvalue weighted by atomic mass is 16.7. The minimum absolute atomic E-state index is 0.143. The largest absolute Gasteiger partial charge is 0.496 e. The molecule has 2 heterocycles. The molecule has 0 aliphatic carbocycles. The molecule has 0 unspecified atom stereocenters. The van der Waals surface area contributed by atoms with Crippen molar-refractivity contribution in [2.75, 3.05) is 13.7 Å². The monoisotopic (exact) mass is 456 g/mol. The molecular formula is C21H28O11. The van der Waals surface area contributed by atoms with Gasteiger partial charge in [-0.15, -0.1) is 0 Å². The van der Waals surface area contributed by atoms with Gasteiger partial charge in [-0.25, -0.2) is 4.79 Å². The van der Waals surface area contributed by atoms with E-state index in [0.717, 1.165) is 0 Å². The van der Waals surface area contributed by atoms with E-state index in [1.54, 1.807) is 0 Å². The van der Waals surface area contributed by atoms with Crippen molar-refractivity contribution in [3.8, 4) is 5.75 Å². The zero-order valence-electron chi connectivity index (χ0n) is 17.8. The lowest BCUT2D eigenvalue weighted by Crippen LogP contribution is -2.60. The first kappa shape index (κ1) is 24.6. The Morgan fingerprint density at radius 1 is 1.12 bits per heavy atom. The van der Waals surface area contributed by atoms with E-state index in [4.69, 9.17) is 18.6 Å². The molecule has 32 heavy (non-hydrogen) atoms. The zero-order chi connectivity index (χ0) is 23.8. The molecular weight excluding hydrogens is 428 g/mol. The van der Waals surface area contributed by atoms with Crippen LogP contribution in [-0.4, -0.2) is 86.8 Å². The number of rotatable bonds is 7. The highest BCUT2D eigenvalue weighted by molar-refractivity contribution is 5.79. The predicted octanol–water partition coefficient (Wildman–Crippen LogP) is -1.21. The number of benzene rings is 1. The first-order valence-electron chi connectivity index (χ1n) is 9.96. The van der Waals surface area contributed by atoms with Crippen LogP contribution >= 0.6 is 0 Å². The molecule has 1 aliphatic rings. The Balaban J connectivity index is 2.07. The summed E-state index contributed by atoms with van der Waals surface area (Å²) < 4.78 is 21.7. The fourth-order valence-electron chi connectivity index (χ4n) is 3.53. The maximum atomic E-state index is 11.5. The van der Waals surface area contributed by atoms with Gasteiger partial charge in [-0.05, 0) is 26.0 Å². The van der Waals surface area contributed by atoms with Crippen molar-refractivity contribution >= 4 is 11.0 Å². The van der Waals surface area contributed by atoms with Crippen LogP contribution in [0, 0.1) is 0 Å². The standard InChI is InChI=1S/C21H28O11/c1-21(2,28)19(27)18(32-20-17(26)16(25)15(24)13(8-22)31-20)10-6-9-4-5-14(23)30-11(9)7-12(10)29-3/h4-7,13,15-20,22,24-28H,8H2,1-3H3/t13-,15-,16+,17-,18+,19+,20+/m1/s1. The number of fused-ring (bicyclic) bond motifs is 1. The summed E-state index contributed by atoms with van der Waals surface area (Å²) in [7, 11) is 1.34. The van der Waals surface area contributed by atoms with Gasteiger partial charge in [0.05, 0.1) is 19.3 Å². The topological polar surface area (TPSA) is 179 Å². The Labute approximate surface area is 183 Å². The lowest BCUT2D eigenvalue weighted by Gasteiger charge is -2.42. The van der Waals surface area contributed by atoms with E-state index in [0.29, 0.717) is 5.39 Å². The summed E-state index contributed by atoms with van der Waals surface area (Å²) in [6.07, 6.45) is -10.8. The third-order valence-corrected chi connectivity index (χ3v) is 5.42. The Morgan fingerprint density at radius 3 is 2.41 bits per heavy atom. The van der Waals surface area contributed by atoms with E-state index in [2.05, 4.69) is 0 Å². The van der Waals surface area contributed by atoms with Crippen LogP contribution in [0.3, 0.4) is 0 Å². The van der Waals surface area contributed by atoms with Gasteiger partial charge in [-0.1, -0.05) is 0 Å². The molecule has 6 N–H and O–H groups in total. The van der Waals surface area contributed by atoms with Crippen LogP contribution in [-0.2, 0) is 9.47 Å². The fourth-order valence-corrected chi connectivity index (χ4v) is 3.53. The number of methoxy groups -OCH3 is 1. The molecule has 0 radical (unpaired) electrons. The average molecular weight is 456 g/mol. The highest BCUT2D eigenvalue weighted by Crippen LogP contribution is 2.38. The number of hydrogen-bond donors (Lipinski definition) is 6. The van der Waals surface area contributed by atoms with Crippen LogP contribution in [0.25, 0.3) is 11.0 Å². The van der Waals surface area contributed by atoms with Crippen molar-refractivity contribution in [3.05, 3.63) is 40.2 Å². The third-order valence-electron chi connectivity index (χ3n) is 5.42. The van der Waals surface area contributed by atoms with Gasteiger partial charge in [0.1, 0.15) is 48.0 Å². The minimum Gasteiger partial charge on any atom is -0.496 e. The quantitative estimate of drug-likeness (QED) is 0.275. The van der Waals surface area contributed by atoms with Gasteiger partial charge in [0.2, 0.25) is 0 Å². The first-order chi connectivity index (χ1) is 15.0. The second-order valence-corrected chi connectivity index (χ2v) is 8.24. The van der Waals surface area contributed by atoms with Crippen molar-refractivity contribution in [1.82, 2.24) is 0 Å². The second kappa shape index (κ2) is 9.41. The molecule has 1 fully saturated rings. The molecule has 0 bridgehead atoms. The Morgan fingerprint density at radius 2 is 1.81 bits per heavy atom. The first-order valence-corrected chi connectivity index (χ1v) is 9.96. The van der Waals surface area contributed by atoms with Crippen molar-refractivity contribution < 1.29 is 49.3 Å². The predicted molar refractivity (Wildman–Crippen MR) is 109 cm³/mol. The molecule has 0 amide bonds. The Kier molecular flexibility index (Phi) is 7.22. The van der Waals surface area contributed by atoms with Crippen molar-refractivity contribution in [2.45, 2.75) is 62.4 Å². The van der Waals surface area contributed by atoms with Gasteiger partial charge in [0.25, 0.3) is 0 Å². The molecule has 3 rings (SSSR count). The summed E-state index contributed by atoms with van der Waals surface area (Å²) in [4.78, 5) is 11.5. The van der Waals surface area contributed by atoms with Crippen LogP contribution in [0.5, 0.6) is 5.75 Å². The van der Waals surface area contributed by atoms with Crippen LogP contribution in [0.15, 0.2) is 33.5 Å². The van der Waals surface area contributed by atoms with Gasteiger partial charge < -0.3 is 49.3 Å². The molecule has 1 aliphatic heterocycles. The van der Waals surface area contributed by atoms with Gasteiger partial charge in [0.15, 0.2) is 6.29 Å². The van der Waals surface area contributed by atoms with Crippen LogP contribution < -0.4 is 10.4 Å². The molecule has 2 aromatic rings. The molecule has 1 aromatic heterocycles. The smallest absolute Gasteiger partial charge is 0.336 e. The third kappa shape index (κ3) is 4.80. The van der Waals surface area contributed by atoms with E-state index >= 15 is 0 Å². The summed E-state index contributed by atoms with van der Waals surface area (Å²) in [6.45, 7) is 2.02. The molecule has 0 saturated carbocycles. The minimum atomic E-state index is -1.73. The van der Waals surface area contributed by atoms with E-state index < -0.39 is 60.7 Å². The maximum Gasteiger partial charge on any atom is 0.336 e. The number of hydrogen-bond acceptors (Lipinski definition) is 11. The molecule has 7 atom stereocenters. The van der Waals surface area contributed by atoms with Crippen molar-refractivity contribution in [3.63, 3.8) is 0 Å². The van der Waals surface area contributed by atoms with E-state index in [-0.39, 0.29) is 16.9 Å². The number of aliphatic hydroxyl groups excluding tert-OH is 5. The second-order valence-electron chi connectivity index (χ2n) is 8.24. The SMILES string of the molecule is COc1cc2oc(=O)ccc2cc1[C@H](O[C@@H]1O[C@H](CO)[C@@H](O)[C@H](O)[C@H]1O)[C@H](O)C(C)(C)O. The van der Waals surface area contributed by atoms with E-state index in [1.165, 1.54) is 45.2 Å². The normalized spacial score (nSPS) is 28.5. The molecule has 178 valence electrons. The molecule has 0 spiro atoms. The molecule has 11 heteroatoms. The highest BCUT2D eigenvalue weighted by Gasteiger charge is 2.47. The van der Waals surface area contributed by atoms with Gasteiger partial charge >= 0.3 is 5.63 Å². The molecule has 1 saturated heterocycles. The van der Waals surface area contributed by atoms with E-state index in [1.807, 2.05) is 0 Å². The van der Waals surface area contributed by atoms with Crippen molar-refractivity contribution in [1.29, 1.82) is 0 Å². The molecule has 11 nitrogen and oxygen atoms in total. The lowest BCUT2D eigenvalue weighted by atomic mass is 9.91. The van der Waals surface area contributed by atoms with E-state index in [9.17, 15) is 35.4 Å². The summed E-state index contributed by atoms with van der Waals surface area (Å²) in [5, 5.41) is 61.7. The number of ether oxygens (including phenoxy) is 3. The Hall–Kier alpha value is -2.09. The van der Waals surface area contributed by atoms with Gasteiger partial charge in [0, 0.05) is 23.1 Å². The van der Waals surface area contributed by atoms with Crippen molar-refractivity contribution in [2.24, 2.45) is 0 Å². The summed E-state index contributed by atoms with van der Waals surface area (Å²) in [6, 6.07) is 5.62. The average Bonchev–Trinajstić information content (AvgIpc) is 2.75. The Bertz CT molecular complexity index is 980. The lowest BCUT2D eigenvalue weighted by molar-refractivity contribution is -0.322. The number of aliphatic hydroxyl groups is 6.